The van der Waals surface area contributed by atoms with Crippen LogP contribution in [-0.2, 0) is 44.8 Å². The van der Waals surface area contributed by atoms with Gasteiger partial charge < -0.3 is 41.4 Å². The molecule has 0 heterocycles. The SMILES string of the molecule is CC[C@H](C(=O)N[C@H](C)C(=O)N[C@H]1CCCC[C@H]1[C@H](CC)C(=O)N[C@H]1CCCC[C@H]1[C@H](CC)C(=O)OCc1ccccc1)[C@@H]1CCCC[C@@H]1NC(=O)[C@@H](CC)[C@@H]1CCCC[C@@H]1NC(=O)[C@@H](C)NC(=O)OC(C)(C)C. The van der Waals surface area contributed by atoms with Crippen LogP contribution in [0.15, 0.2) is 30.3 Å². The Morgan fingerprint density at radius 3 is 1.21 bits per heavy atom. The van der Waals surface area contributed by atoms with Gasteiger partial charge in [0.15, 0.2) is 0 Å². The predicted octanol–water partition coefficient (Wildman–Crippen LogP) is 8.95. The fourth-order valence-electron chi connectivity index (χ4n) is 12.9. The summed E-state index contributed by atoms with van der Waals surface area (Å²) in [5.74, 6) is -2.76. The lowest BCUT2D eigenvalue weighted by Gasteiger charge is -2.40. The predicted molar refractivity (Wildman–Crippen MR) is 283 cm³/mol. The molecule has 0 radical (unpaired) electrons. The minimum Gasteiger partial charge on any atom is -0.461 e. The van der Waals surface area contributed by atoms with Crippen LogP contribution in [0.5, 0.6) is 0 Å². The maximum absolute atomic E-state index is 14.4. The second-order valence-electron chi connectivity index (χ2n) is 23.0. The van der Waals surface area contributed by atoms with E-state index < -0.39 is 29.7 Å². The maximum Gasteiger partial charge on any atom is 0.408 e. The molecule has 0 bridgehead atoms. The molecule has 5 rings (SSSR count). The third-order valence-electron chi connectivity index (χ3n) is 16.8. The first-order chi connectivity index (χ1) is 34.9. The maximum atomic E-state index is 14.4. The molecule has 0 spiro atoms. The molecule has 0 aliphatic heterocycles. The topological polar surface area (TPSA) is 210 Å². The van der Waals surface area contributed by atoms with Crippen molar-refractivity contribution in [1.29, 1.82) is 0 Å². The van der Waals surface area contributed by atoms with Gasteiger partial charge in [0.1, 0.15) is 24.3 Å². The van der Waals surface area contributed by atoms with Crippen LogP contribution in [0.1, 0.15) is 196 Å². The van der Waals surface area contributed by atoms with E-state index >= 15 is 0 Å². The zero-order valence-electron chi connectivity index (χ0n) is 46.0. The highest BCUT2D eigenvalue weighted by Gasteiger charge is 2.43. The van der Waals surface area contributed by atoms with Gasteiger partial charge in [-0.15, -0.1) is 0 Å². The van der Waals surface area contributed by atoms with Crippen LogP contribution in [0.3, 0.4) is 0 Å². The number of alkyl carbamates (subject to hydrolysis) is 1. The summed E-state index contributed by atoms with van der Waals surface area (Å²) in [4.78, 5) is 96.3. The molecule has 0 aromatic heterocycles. The molecule has 6 amide bonds. The van der Waals surface area contributed by atoms with Crippen molar-refractivity contribution >= 4 is 41.6 Å². The number of amides is 6. The number of hydrogen-bond acceptors (Lipinski definition) is 9. The number of hydrogen-bond donors (Lipinski definition) is 6. The Kier molecular flexibility index (Phi) is 23.4. The van der Waals surface area contributed by atoms with E-state index in [9.17, 15) is 33.6 Å². The number of carbonyl (C=O) groups excluding carboxylic acids is 7. The van der Waals surface area contributed by atoms with Crippen molar-refractivity contribution in [2.24, 2.45) is 47.3 Å². The van der Waals surface area contributed by atoms with Crippen molar-refractivity contribution in [3.63, 3.8) is 0 Å². The number of esters is 1. The third-order valence-corrected chi connectivity index (χ3v) is 16.8. The van der Waals surface area contributed by atoms with Gasteiger partial charge in [-0.05, 0) is 141 Å². The molecule has 1 aromatic rings. The van der Waals surface area contributed by atoms with Crippen LogP contribution in [0.25, 0.3) is 0 Å². The Hall–Kier alpha value is -4.69. The minimum atomic E-state index is -0.817. The first-order valence-corrected chi connectivity index (χ1v) is 28.6. The van der Waals surface area contributed by atoms with Crippen molar-refractivity contribution in [2.45, 2.75) is 239 Å². The molecular formula is C58H94N6O9. The molecule has 410 valence electrons. The van der Waals surface area contributed by atoms with Crippen LogP contribution in [0.4, 0.5) is 4.79 Å². The molecule has 4 aliphatic carbocycles. The van der Waals surface area contributed by atoms with E-state index in [4.69, 9.17) is 9.47 Å². The van der Waals surface area contributed by atoms with Crippen LogP contribution >= 0.6 is 0 Å². The Balaban J connectivity index is 1.17. The standard InChI is InChI=1S/C58H94N6O9/c1-10-39(43-27-19-23-33-49(43)63-54(68)40(11-2)45-29-18-22-32-48(45)62-52(66)37(6)60-57(71)73-58(7,8)9)53(67)59-36(5)51(65)61-47-31-21-17-28-44(47)41(12-3)55(69)64-50-34-24-20-30-46(50)42(13-4)56(70)72-35-38-25-15-14-16-26-38/h14-16,25-26,36-37,39-50H,10-13,17-24,27-35H2,1-9H3,(H,59,67)(H,60,71)(H,61,65)(H,62,66)(H,63,68)(H,64,69)/t36-,37-,39+,40+,41+,42+,43+,44+,45+,46+,47+,48+,49+,50+/m1/s1. The first kappa shape index (κ1) is 59.2. The van der Waals surface area contributed by atoms with Gasteiger partial charge in [-0.2, -0.15) is 0 Å². The summed E-state index contributed by atoms with van der Waals surface area (Å²) in [6, 6.07) is 7.26. The monoisotopic (exact) mass is 1020 g/mol. The smallest absolute Gasteiger partial charge is 0.408 e. The largest absolute Gasteiger partial charge is 0.461 e. The summed E-state index contributed by atoms with van der Waals surface area (Å²) in [5.41, 5.74) is 0.244. The molecule has 4 aliphatic rings. The molecule has 1 aromatic carbocycles. The molecule has 4 fully saturated rings. The van der Waals surface area contributed by atoms with Gasteiger partial charge in [-0.25, -0.2) is 4.79 Å². The highest BCUT2D eigenvalue weighted by molar-refractivity contribution is 5.89. The van der Waals surface area contributed by atoms with Crippen molar-refractivity contribution in [3.8, 4) is 0 Å². The Bertz CT molecular complexity index is 1960. The van der Waals surface area contributed by atoms with Gasteiger partial charge in [0.05, 0.1) is 5.92 Å². The molecule has 0 saturated heterocycles. The molecule has 4 saturated carbocycles. The van der Waals surface area contributed by atoms with Gasteiger partial charge in [-0.1, -0.05) is 109 Å². The second-order valence-corrected chi connectivity index (χ2v) is 23.0. The van der Waals surface area contributed by atoms with Crippen LogP contribution in [0, 0.1) is 47.3 Å². The molecule has 0 unspecified atom stereocenters. The van der Waals surface area contributed by atoms with Gasteiger partial charge in [0.2, 0.25) is 29.5 Å². The van der Waals surface area contributed by atoms with Gasteiger partial charge in [0, 0.05) is 41.9 Å². The van der Waals surface area contributed by atoms with E-state index in [-0.39, 0.29) is 108 Å². The van der Waals surface area contributed by atoms with E-state index in [1.54, 1.807) is 34.6 Å². The average molecular weight is 1020 g/mol. The molecule has 14 atom stereocenters. The molecule has 6 N–H and O–H groups in total. The van der Waals surface area contributed by atoms with Crippen LogP contribution in [-0.4, -0.2) is 83.5 Å². The molecule has 15 nitrogen and oxygen atoms in total. The normalized spacial score (nSPS) is 27.0. The summed E-state index contributed by atoms with van der Waals surface area (Å²) in [7, 11) is 0. The second kappa shape index (κ2) is 28.8. The van der Waals surface area contributed by atoms with Gasteiger partial charge in [0.25, 0.3) is 0 Å². The van der Waals surface area contributed by atoms with Crippen molar-refractivity contribution in [3.05, 3.63) is 35.9 Å². The number of benzene rings is 1. The number of nitrogens with one attached hydrogen (secondary N) is 6. The zero-order valence-corrected chi connectivity index (χ0v) is 46.0. The van der Waals surface area contributed by atoms with E-state index in [0.717, 1.165) is 108 Å². The van der Waals surface area contributed by atoms with Gasteiger partial charge in [-0.3, -0.25) is 28.8 Å². The highest BCUT2D eigenvalue weighted by Crippen LogP contribution is 2.38. The van der Waals surface area contributed by atoms with Crippen molar-refractivity contribution in [2.75, 3.05) is 0 Å². The summed E-state index contributed by atoms with van der Waals surface area (Å²) < 4.78 is 11.2. The molecular weight excluding hydrogens is 925 g/mol. The van der Waals surface area contributed by atoms with E-state index in [1.807, 2.05) is 58.0 Å². The number of rotatable bonds is 22. The van der Waals surface area contributed by atoms with Crippen molar-refractivity contribution in [1.82, 2.24) is 31.9 Å². The van der Waals surface area contributed by atoms with Crippen LogP contribution < -0.4 is 31.9 Å². The van der Waals surface area contributed by atoms with E-state index in [2.05, 4.69) is 31.9 Å². The van der Waals surface area contributed by atoms with Crippen LogP contribution in [0.2, 0.25) is 0 Å². The zero-order chi connectivity index (χ0) is 53.2. The summed E-state index contributed by atoms with van der Waals surface area (Å²) >= 11 is 0. The Morgan fingerprint density at radius 1 is 0.479 bits per heavy atom. The third kappa shape index (κ3) is 17.2. The molecule has 73 heavy (non-hydrogen) atoms. The summed E-state index contributed by atoms with van der Waals surface area (Å²) in [6.45, 7) is 16.9. The fourth-order valence-corrected chi connectivity index (χ4v) is 12.9. The number of ether oxygens (including phenoxy) is 2. The highest BCUT2D eigenvalue weighted by atomic mass is 16.6. The lowest BCUT2D eigenvalue weighted by Crippen LogP contribution is -2.56. The average Bonchev–Trinajstić information content (AvgIpc) is 3.36. The minimum absolute atomic E-state index is 0.0159. The summed E-state index contributed by atoms with van der Waals surface area (Å²) in [5, 5.41) is 19.0. The Labute approximate surface area is 437 Å². The number of carbonyl (C=O) groups is 7. The lowest BCUT2D eigenvalue weighted by atomic mass is 9.73. The van der Waals surface area contributed by atoms with Gasteiger partial charge >= 0.3 is 12.1 Å². The Morgan fingerprint density at radius 2 is 0.822 bits per heavy atom. The molecule has 15 heteroatoms. The first-order valence-electron chi connectivity index (χ1n) is 28.6. The van der Waals surface area contributed by atoms with Crippen molar-refractivity contribution < 1.29 is 43.0 Å². The fraction of sp³-hybridized carbons (Fsp3) is 0.776. The summed E-state index contributed by atoms with van der Waals surface area (Å²) in [6.07, 6.45) is 15.7. The van der Waals surface area contributed by atoms with E-state index in [1.165, 1.54) is 0 Å². The quantitative estimate of drug-likeness (QED) is 0.0612. The van der Waals surface area contributed by atoms with E-state index in [0.29, 0.717) is 25.7 Å². The lowest BCUT2D eigenvalue weighted by molar-refractivity contribution is -0.153.